The summed E-state index contributed by atoms with van der Waals surface area (Å²) in [6.45, 7) is 13.2. The fourth-order valence-corrected chi connectivity index (χ4v) is 1.48. The Morgan fingerprint density at radius 3 is 2.13 bits per heavy atom. The molecule has 0 spiro atoms. The van der Waals surface area contributed by atoms with Crippen LogP contribution in [0.4, 0.5) is 0 Å². The van der Waals surface area contributed by atoms with E-state index in [0.717, 1.165) is 12.8 Å². The lowest BCUT2D eigenvalue weighted by Gasteiger charge is -2.22. The fourth-order valence-electron chi connectivity index (χ4n) is 1.48. The van der Waals surface area contributed by atoms with Crippen LogP contribution in [0.25, 0.3) is 0 Å². The largest absolute Gasteiger partial charge is 0.324 e. The summed E-state index contributed by atoms with van der Waals surface area (Å²) in [5, 5.41) is 0. The summed E-state index contributed by atoms with van der Waals surface area (Å²) < 4.78 is 0. The molecule has 0 aliphatic carbocycles. The van der Waals surface area contributed by atoms with Gasteiger partial charge in [-0.2, -0.15) is 0 Å². The Morgan fingerprint density at radius 1 is 1.27 bits per heavy atom. The highest BCUT2D eigenvalue weighted by Crippen LogP contribution is 2.28. The summed E-state index contributed by atoms with van der Waals surface area (Å²) >= 11 is 0. The van der Waals surface area contributed by atoms with Crippen molar-refractivity contribution >= 4 is 0 Å². The van der Waals surface area contributed by atoms with Crippen LogP contribution in [0.3, 0.4) is 0 Å². The molecule has 0 aromatic heterocycles. The average Bonchev–Trinajstić information content (AvgIpc) is 2.14. The lowest BCUT2D eigenvalue weighted by Crippen LogP contribution is -2.20. The van der Waals surface area contributed by atoms with Gasteiger partial charge in [-0.1, -0.05) is 52.3 Å². The molecule has 0 amide bonds. The van der Waals surface area contributed by atoms with E-state index in [1.807, 2.05) is 0 Å². The van der Waals surface area contributed by atoms with Crippen LogP contribution in [-0.4, -0.2) is 6.04 Å². The summed E-state index contributed by atoms with van der Waals surface area (Å²) in [4.78, 5) is 0. The third-order valence-corrected chi connectivity index (χ3v) is 2.70. The Kier molecular flexibility index (Phi) is 5.89. The quantitative estimate of drug-likeness (QED) is 0.694. The van der Waals surface area contributed by atoms with Crippen LogP contribution in [0, 0.1) is 5.41 Å². The first-order valence-electron chi connectivity index (χ1n) is 5.97. The summed E-state index contributed by atoms with van der Waals surface area (Å²) in [6, 6.07) is 0.201. The molecule has 0 aliphatic rings. The minimum atomic E-state index is 0.201. The second kappa shape index (κ2) is 6.12. The van der Waals surface area contributed by atoms with Crippen LogP contribution in [0.15, 0.2) is 23.3 Å². The summed E-state index contributed by atoms with van der Waals surface area (Å²) in [6.07, 6.45) is 6.65. The maximum absolute atomic E-state index is 6.01. The Morgan fingerprint density at radius 2 is 1.80 bits per heavy atom. The van der Waals surface area contributed by atoms with Gasteiger partial charge in [0.25, 0.3) is 0 Å². The maximum atomic E-state index is 6.01. The molecule has 0 radical (unpaired) electrons. The summed E-state index contributed by atoms with van der Waals surface area (Å²) in [7, 11) is 0. The zero-order valence-electron chi connectivity index (χ0n) is 11.2. The molecule has 0 rings (SSSR count). The van der Waals surface area contributed by atoms with Gasteiger partial charge in [0.15, 0.2) is 0 Å². The van der Waals surface area contributed by atoms with E-state index in [2.05, 4.69) is 53.7 Å². The van der Waals surface area contributed by atoms with E-state index in [4.69, 9.17) is 5.73 Å². The third-order valence-electron chi connectivity index (χ3n) is 2.70. The molecule has 0 fully saturated rings. The van der Waals surface area contributed by atoms with E-state index in [9.17, 15) is 0 Å². The number of nitrogens with two attached hydrogens (primary N) is 1. The zero-order valence-corrected chi connectivity index (χ0v) is 11.2. The Hall–Kier alpha value is -0.560. The molecular formula is C14H27N. The minimum absolute atomic E-state index is 0.201. The van der Waals surface area contributed by atoms with Gasteiger partial charge >= 0.3 is 0 Å². The average molecular weight is 209 g/mol. The van der Waals surface area contributed by atoms with Crippen molar-refractivity contribution in [3.63, 3.8) is 0 Å². The van der Waals surface area contributed by atoms with Crippen LogP contribution < -0.4 is 5.73 Å². The van der Waals surface area contributed by atoms with E-state index in [1.165, 1.54) is 11.1 Å². The number of hydrogen-bond acceptors (Lipinski definition) is 1. The van der Waals surface area contributed by atoms with Gasteiger partial charge in [-0.15, -0.1) is 0 Å². The topological polar surface area (TPSA) is 26.0 Å². The second-order valence-electron chi connectivity index (χ2n) is 5.22. The highest BCUT2D eigenvalue weighted by atomic mass is 14.6. The molecule has 15 heavy (non-hydrogen) atoms. The van der Waals surface area contributed by atoms with Gasteiger partial charge in [0.2, 0.25) is 0 Å². The minimum Gasteiger partial charge on any atom is -0.324 e. The van der Waals surface area contributed by atoms with Crippen molar-refractivity contribution in [2.45, 2.75) is 60.4 Å². The first-order chi connectivity index (χ1) is 6.82. The van der Waals surface area contributed by atoms with Crippen molar-refractivity contribution < 1.29 is 0 Å². The maximum Gasteiger partial charge on any atom is 0.0251 e. The lowest BCUT2D eigenvalue weighted by atomic mass is 9.84. The number of allylic oxidation sites excluding steroid dienone is 3. The van der Waals surface area contributed by atoms with Crippen LogP contribution in [0.5, 0.6) is 0 Å². The Bertz CT molecular complexity index is 241. The van der Waals surface area contributed by atoms with Gasteiger partial charge in [0.1, 0.15) is 0 Å². The van der Waals surface area contributed by atoms with Crippen molar-refractivity contribution in [2.24, 2.45) is 11.1 Å². The van der Waals surface area contributed by atoms with Crippen LogP contribution in [-0.2, 0) is 0 Å². The third kappa shape index (κ3) is 5.17. The van der Waals surface area contributed by atoms with E-state index in [1.54, 1.807) is 0 Å². The fraction of sp³-hybridized carbons (Fsp3) is 0.714. The standard InChI is InChI=1S/C14H27N/c1-7-9-12(14(4,5)6)10-11(3)13(15)8-2/h9-10,13H,7-8,15H2,1-6H3/b11-10+,12-9+/t13-/m1/s1. The summed E-state index contributed by atoms with van der Waals surface area (Å²) in [5.74, 6) is 0. The van der Waals surface area contributed by atoms with Gasteiger partial charge in [0.05, 0.1) is 0 Å². The van der Waals surface area contributed by atoms with E-state index < -0.39 is 0 Å². The molecule has 0 aliphatic heterocycles. The first kappa shape index (κ1) is 14.4. The predicted octanol–water partition coefficient (Wildman–Crippen LogP) is 4.05. The molecule has 0 aromatic rings. The van der Waals surface area contributed by atoms with E-state index in [0.29, 0.717) is 0 Å². The SMILES string of the molecule is CC/C=C(\C=C(/C)[C@H](N)CC)C(C)(C)C. The molecule has 0 aromatic carbocycles. The van der Waals surface area contributed by atoms with Crippen LogP contribution >= 0.6 is 0 Å². The molecule has 0 saturated heterocycles. The van der Waals surface area contributed by atoms with Crippen LogP contribution in [0.2, 0.25) is 0 Å². The highest BCUT2D eigenvalue weighted by molar-refractivity contribution is 5.29. The predicted molar refractivity (Wildman–Crippen MR) is 69.9 cm³/mol. The van der Waals surface area contributed by atoms with E-state index in [-0.39, 0.29) is 11.5 Å². The Labute approximate surface area is 95.4 Å². The molecule has 0 saturated carbocycles. The first-order valence-corrected chi connectivity index (χ1v) is 5.97. The number of hydrogen-bond donors (Lipinski definition) is 1. The van der Waals surface area contributed by atoms with Crippen molar-refractivity contribution in [1.82, 2.24) is 0 Å². The highest BCUT2D eigenvalue weighted by Gasteiger charge is 2.15. The number of rotatable bonds is 4. The van der Waals surface area contributed by atoms with E-state index >= 15 is 0 Å². The van der Waals surface area contributed by atoms with Crippen molar-refractivity contribution in [2.75, 3.05) is 0 Å². The van der Waals surface area contributed by atoms with Crippen molar-refractivity contribution in [3.05, 3.63) is 23.3 Å². The lowest BCUT2D eigenvalue weighted by molar-refractivity contribution is 0.513. The van der Waals surface area contributed by atoms with Gasteiger partial charge in [-0.25, -0.2) is 0 Å². The van der Waals surface area contributed by atoms with Crippen LogP contribution in [0.1, 0.15) is 54.4 Å². The molecule has 88 valence electrons. The van der Waals surface area contributed by atoms with Gasteiger partial charge in [0, 0.05) is 6.04 Å². The van der Waals surface area contributed by atoms with Gasteiger partial charge in [-0.3, -0.25) is 0 Å². The summed E-state index contributed by atoms with van der Waals surface area (Å²) in [5.41, 5.74) is 8.90. The van der Waals surface area contributed by atoms with Gasteiger partial charge in [-0.05, 0) is 30.8 Å². The zero-order chi connectivity index (χ0) is 12.1. The molecular weight excluding hydrogens is 182 g/mol. The molecule has 1 heteroatoms. The molecule has 1 atom stereocenters. The Balaban J connectivity index is 4.91. The van der Waals surface area contributed by atoms with Crippen molar-refractivity contribution in [1.29, 1.82) is 0 Å². The van der Waals surface area contributed by atoms with Crippen molar-refractivity contribution in [3.8, 4) is 0 Å². The molecule has 0 unspecified atom stereocenters. The molecule has 1 nitrogen and oxygen atoms in total. The second-order valence-corrected chi connectivity index (χ2v) is 5.22. The molecule has 0 bridgehead atoms. The normalized spacial score (nSPS) is 16.7. The monoisotopic (exact) mass is 209 g/mol. The van der Waals surface area contributed by atoms with Gasteiger partial charge < -0.3 is 5.73 Å². The smallest absolute Gasteiger partial charge is 0.0251 e. The molecule has 2 N–H and O–H groups in total. The molecule has 0 heterocycles.